The van der Waals surface area contributed by atoms with E-state index in [-0.39, 0.29) is 0 Å². The summed E-state index contributed by atoms with van der Waals surface area (Å²) < 4.78 is 2.23. The number of aromatic nitrogens is 3. The van der Waals surface area contributed by atoms with Crippen LogP contribution in [0.3, 0.4) is 0 Å². The first kappa shape index (κ1) is 41.2. The Morgan fingerprint density at radius 3 is 1.60 bits per heavy atom. The van der Waals surface area contributed by atoms with Gasteiger partial charge in [0.1, 0.15) is 11.3 Å². The predicted molar refractivity (Wildman–Crippen MR) is 297 cm³/mol. The average Bonchev–Trinajstić information content (AvgIpc) is 3.83. The minimum absolute atomic E-state index is 0.830. The van der Waals surface area contributed by atoms with Gasteiger partial charge in [0.2, 0.25) is 0 Å². The molecular formula is C66H45N3Si. The van der Waals surface area contributed by atoms with E-state index >= 15 is 0 Å². The first-order valence-corrected chi connectivity index (χ1v) is 26.0. The Morgan fingerprint density at radius 2 is 0.886 bits per heavy atom. The standard InChI is InChI=1S/C66H45N3Si/c1-5-20-46(21-6-1)50-39-42-58-60(45-50)64(51-36-35-47-22-13-14-23-49(47)44-51)57-31-16-15-30-56(57)63(58)48-37-40-55(41-38-48)70(53-26-9-3-10-27-53,54-28-11-4-12-29-54)62-34-18-17-32-59(62)65-68-61-33-19-43-67-66(61)69(65)52-24-7-2-8-25-52/h1-45H. The molecule has 0 aliphatic heterocycles. The van der Waals surface area contributed by atoms with E-state index in [0.717, 1.165) is 28.2 Å². The van der Waals surface area contributed by atoms with Gasteiger partial charge in [-0.05, 0) is 123 Å². The molecule has 0 unspecified atom stereocenters. The molecule has 0 atom stereocenters. The molecule has 0 N–H and O–H groups in total. The molecule has 328 valence electrons. The van der Waals surface area contributed by atoms with Gasteiger partial charge >= 0.3 is 0 Å². The van der Waals surface area contributed by atoms with E-state index in [0.29, 0.717) is 0 Å². The molecule has 13 aromatic rings. The van der Waals surface area contributed by atoms with Gasteiger partial charge in [0.25, 0.3) is 0 Å². The van der Waals surface area contributed by atoms with Gasteiger partial charge < -0.3 is 0 Å². The van der Waals surface area contributed by atoms with Gasteiger partial charge in [0.15, 0.2) is 13.7 Å². The summed E-state index contributed by atoms with van der Waals surface area (Å²) in [6.07, 6.45) is 1.86. The predicted octanol–water partition coefficient (Wildman–Crippen LogP) is 13.9. The second kappa shape index (κ2) is 17.3. The van der Waals surface area contributed by atoms with Crippen molar-refractivity contribution in [2.75, 3.05) is 0 Å². The maximum absolute atomic E-state index is 5.42. The second-order valence-corrected chi connectivity index (χ2v) is 21.8. The number of fused-ring (bicyclic) bond motifs is 4. The van der Waals surface area contributed by atoms with Crippen LogP contribution < -0.4 is 20.7 Å². The van der Waals surface area contributed by atoms with Gasteiger partial charge in [-0.1, -0.05) is 231 Å². The molecule has 70 heavy (non-hydrogen) atoms. The van der Waals surface area contributed by atoms with Crippen LogP contribution in [0, 0.1) is 0 Å². The number of hydrogen-bond acceptors (Lipinski definition) is 2. The number of hydrogen-bond donors (Lipinski definition) is 0. The molecule has 11 aromatic carbocycles. The maximum atomic E-state index is 5.42. The Morgan fingerprint density at radius 1 is 0.343 bits per heavy atom. The lowest BCUT2D eigenvalue weighted by molar-refractivity contribution is 1.08. The van der Waals surface area contributed by atoms with E-state index in [1.807, 2.05) is 12.3 Å². The third-order valence-corrected chi connectivity index (χ3v) is 19.0. The summed E-state index contributed by atoms with van der Waals surface area (Å²) in [6, 6.07) is 97.9. The van der Waals surface area contributed by atoms with Crippen LogP contribution in [-0.2, 0) is 0 Å². The summed E-state index contributed by atoms with van der Waals surface area (Å²) in [5.41, 5.74) is 11.1. The highest BCUT2D eigenvalue weighted by atomic mass is 28.3. The molecule has 4 heteroatoms. The minimum atomic E-state index is -3.13. The molecule has 2 heterocycles. The Labute approximate surface area is 408 Å². The van der Waals surface area contributed by atoms with Crippen molar-refractivity contribution in [1.29, 1.82) is 0 Å². The Kier molecular flexibility index (Phi) is 10.2. The van der Waals surface area contributed by atoms with Crippen molar-refractivity contribution in [3.8, 4) is 50.5 Å². The lowest BCUT2D eigenvalue weighted by atomic mass is 9.84. The van der Waals surface area contributed by atoms with Crippen LogP contribution in [0.4, 0.5) is 0 Å². The molecule has 13 rings (SSSR count). The fourth-order valence-electron chi connectivity index (χ4n) is 11.1. The number of benzene rings is 11. The summed E-state index contributed by atoms with van der Waals surface area (Å²) in [7, 11) is -3.13. The number of pyridine rings is 1. The van der Waals surface area contributed by atoms with Crippen molar-refractivity contribution < 1.29 is 0 Å². The van der Waals surface area contributed by atoms with Gasteiger partial charge in [0, 0.05) is 17.4 Å². The lowest BCUT2D eigenvalue weighted by Crippen LogP contribution is -2.75. The molecule has 0 saturated carbocycles. The number of imidazole rings is 1. The topological polar surface area (TPSA) is 30.7 Å². The summed E-state index contributed by atoms with van der Waals surface area (Å²) >= 11 is 0. The van der Waals surface area contributed by atoms with E-state index in [1.54, 1.807) is 0 Å². The third-order valence-electron chi connectivity index (χ3n) is 14.2. The maximum Gasteiger partial charge on any atom is 0.180 e. The summed E-state index contributed by atoms with van der Waals surface area (Å²) in [5.74, 6) is 0.871. The molecule has 0 aliphatic carbocycles. The Balaban J connectivity index is 1.07. The average molecular weight is 908 g/mol. The van der Waals surface area contributed by atoms with Gasteiger partial charge in [-0.15, -0.1) is 0 Å². The van der Waals surface area contributed by atoms with Crippen LogP contribution in [0.1, 0.15) is 0 Å². The first-order chi connectivity index (χ1) is 34.7. The molecule has 0 radical (unpaired) electrons. The van der Waals surface area contributed by atoms with E-state index in [9.17, 15) is 0 Å². The van der Waals surface area contributed by atoms with Crippen LogP contribution in [0.15, 0.2) is 273 Å². The van der Waals surface area contributed by atoms with Crippen molar-refractivity contribution in [3.63, 3.8) is 0 Å². The van der Waals surface area contributed by atoms with Crippen molar-refractivity contribution >= 4 is 72.3 Å². The molecule has 0 amide bonds. The molecule has 0 fully saturated rings. The van der Waals surface area contributed by atoms with E-state index < -0.39 is 8.07 Å². The van der Waals surface area contributed by atoms with Crippen molar-refractivity contribution in [2.45, 2.75) is 0 Å². The number of para-hydroxylation sites is 1. The first-order valence-electron chi connectivity index (χ1n) is 24.0. The highest BCUT2D eigenvalue weighted by Gasteiger charge is 2.43. The van der Waals surface area contributed by atoms with Crippen molar-refractivity contribution in [3.05, 3.63) is 273 Å². The van der Waals surface area contributed by atoms with Gasteiger partial charge in [0.05, 0.1) is 0 Å². The zero-order chi connectivity index (χ0) is 46.4. The minimum Gasteiger partial charge on any atom is -0.277 e. The molecular weight excluding hydrogens is 863 g/mol. The number of rotatable bonds is 9. The normalized spacial score (nSPS) is 11.7. The fourth-order valence-corrected chi connectivity index (χ4v) is 16.0. The van der Waals surface area contributed by atoms with Crippen LogP contribution in [0.5, 0.6) is 0 Å². The molecule has 2 aromatic heterocycles. The largest absolute Gasteiger partial charge is 0.277 e. The third kappa shape index (κ3) is 6.80. The molecule has 0 aliphatic rings. The van der Waals surface area contributed by atoms with Gasteiger partial charge in [-0.2, -0.15) is 0 Å². The fraction of sp³-hybridized carbons (Fsp3) is 0. The Bertz CT molecular complexity index is 4000. The molecule has 0 saturated heterocycles. The number of nitrogens with zero attached hydrogens (tertiary/aromatic N) is 3. The van der Waals surface area contributed by atoms with E-state index in [2.05, 4.69) is 265 Å². The van der Waals surface area contributed by atoms with Crippen LogP contribution in [-0.4, -0.2) is 22.6 Å². The smallest absolute Gasteiger partial charge is 0.180 e. The van der Waals surface area contributed by atoms with Crippen LogP contribution in [0.2, 0.25) is 0 Å². The van der Waals surface area contributed by atoms with E-state index in [4.69, 9.17) is 9.97 Å². The zero-order valence-corrected chi connectivity index (χ0v) is 39.3. The quantitative estimate of drug-likeness (QED) is 0.0821. The van der Waals surface area contributed by atoms with Gasteiger partial charge in [-0.3, -0.25) is 4.57 Å². The van der Waals surface area contributed by atoms with Crippen LogP contribution >= 0.6 is 0 Å². The SMILES string of the molecule is c1ccc(-c2ccc3c(-c4ccc([Si](c5ccccc5)(c5ccccc5)c5ccccc5-c5nc6cccnc6n5-c5ccccc5)cc4)c4ccccc4c(-c4ccc5ccccc5c4)c3c2)cc1. The highest BCUT2D eigenvalue weighted by Crippen LogP contribution is 2.45. The highest BCUT2D eigenvalue weighted by molar-refractivity contribution is 7.20. The second-order valence-electron chi connectivity index (χ2n) is 18.0. The molecule has 0 spiro atoms. The molecule has 0 bridgehead atoms. The van der Waals surface area contributed by atoms with Gasteiger partial charge in [-0.25, -0.2) is 9.97 Å². The van der Waals surface area contributed by atoms with Crippen molar-refractivity contribution in [2.24, 2.45) is 0 Å². The monoisotopic (exact) mass is 907 g/mol. The lowest BCUT2D eigenvalue weighted by Gasteiger charge is -2.36. The summed E-state index contributed by atoms with van der Waals surface area (Å²) in [5, 5.41) is 12.5. The van der Waals surface area contributed by atoms with Crippen LogP contribution in [0.25, 0.3) is 93.9 Å². The van der Waals surface area contributed by atoms with Crippen molar-refractivity contribution in [1.82, 2.24) is 14.5 Å². The summed E-state index contributed by atoms with van der Waals surface area (Å²) in [6.45, 7) is 0. The zero-order valence-electron chi connectivity index (χ0n) is 38.3. The Hall–Kier alpha value is -8.96. The van der Waals surface area contributed by atoms with E-state index in [1.165, 1.54) is 86.4 Å². The molecule has 3 nitrogen and oxygen atoms in total. The summed E-state index contributed by atoms with van der Waals surface area (Å²) in [4.78, 5) is 10.3.